The first-order valence-electron chi connectivity index (χ1n) is 4.25. The second-order valence-corrected chi connectivity index (χ2v) is 6.41. The van der Waals surface area contributed by atoms with E-state index in [1.807, 2.05) is 6.92 Å². The van der Waals surface area contributed by atoms with Crippen LogP contribution in [0.25, 0.3) is 0 Å². The molecule has 0 aromatic carbocycles. The van der Waals surface area contributed by atoms with Crippen molar-refractivity contribution in [1.82, 2.24) is 9.71 Å². The second kappa shape index (κ2) is 4.70. The van der Waals surface area contributed by atoms with E-state index in [0.717, 1.165) is 4.88 Å². The SMILES string of the molecule is Cc1cnc(CNS(=O)(=O)C(C)C#N)s1. The Labute approximate surface area is 92.8 Å². The Kier molecular flexibility index (Phi) is 3.79. The molecule has 1 aromatic rings. The molecule has 0 fully saturated rings. The summed E-state index contributed by atoms with van der Waals surface area (Å²) >= 11 is 1.43. The van der Waals surface area contributed by atoms with Crippen molar-refractivity contribution in [2.24, 2.45) is 0 Å². The lowest BCUT2D eigenvalue weighted by Crippen LogP contribution is -2.31. The first-order valence-corrected chi connectivity index (χ1v) is 6.61. The van der Waals surface area contributed by atoms with Crippen LogP contribution in [0.4, 0.5) is 0 Å². The van der Waals surface area contributed by atoms with E-state index in [1.54, 1.807) is 12.3 Å². The number of nitrogens with zero attached hydrogens (tertiary/aromatic N) is 2. The van der Waals surface area contributed by atoms with Gasteiger partial charge in [0.05, 0.1) is 12.6 Å². The predicted molar refractivity (Wildman–Crippen MR) is 57.7 cm³/mol. The highest BCUT2D eigenvalue weighted by molar-refractivity contribution is 7.90. The Hall–Kier alpha value is -0.970. The minimum atomic E-state index is -3.54. The average molecular weight is 245 g/mol. The Bertz CT molecular complexity index is 472. The molecule has 7 heteroatoms. The van der Waals surface area contributed by atoms with Gasteiger partial charge in [0.15, 0.2) is 5.25 Å². The molecule has 1 aromatic heterocycles. The summed E-state index contributed by atoms with van der Waals surface area (Å²) in [6.07, 6.45) is 1.68. The molecule has 1 N–H and O–H groups in total. The number of hydrogen-bond acceptors (Lipinski definition) is 5. The van der Waals surface area contributed by atoms with Crippen LogP contribution >= 0.6 is 11.3 Å². The van der Waals surface area contributed by atoms with Gasteiger partial charge in [0.25, 0.3) is 0 Å². The summed E-state index contributed by atoms with van der Waals surface area (Å²) in [7, 11) is -3.54. The van der Waals surface area contributed by atoms with Crippen molar-refractivity contribution in [2.45, 2.75) is 25.6 Å². The second-order valence-electron chi connectivity index (χ2n) is 3.00. The molecule has 5 nitrogen and oxygen atoms in total. The third-order valence-corrected chi connectivity index (χ3v) is 4.24. The van der Waals surface area contributed by atoms with E-state index in [4.69, 9.17) is 5.26 Å². The van der Waals surface area contributed by atoms with Crippen LogP contribution in [0, 0.1) is 18.3 Å². The van der Waals surface area contributed by atoms with Crippen LogP contribution in [0.15, 0.2) is 6.20 Å². The van der Waals surface area contributed by atoms with Crippen LogP contribution in [0.2, 0.25) is 0 Å². The number of rotatable bonds is 4. The minimum Gasteiger partial charge on any atom is -0.248 e. The summed E-state index contributed by atoms with van der Waals surface area (Å²) in [5, 5.41) is 8.14. The summed E-state index contributed by atoms with van der Waals surface area (Å²) < 4.78 is 25.1. The van der Waals surface area contributed by atoms with Gasteiger partial charge in [-0.3, -0.25) is 0 Å². The van der Waals surface area contributed by atoms with Gasteiger partial charge in [0.1, 0.15) is 5.01 Å². The maximum Gasteiger partial charge on any atom is 0.228 e. The highest BCUT2D eigenvalue weighted by Gasteiger charge is 2.19. The van der Waals surface area contributed by atoms with Crippen molar-refractivity contribution in [3.8, 4) is 6.07 Å². The number of thiazole rings is 1. The third-order valence-electron chi connectivity index (χ3n) is 1.74. The number of aromatic nitrogens is 1. The number of sulfonamides is 1. The molecule has 0 amide bonds. The Morgan fingerprint density at radius 3 is 2.87 bits per heavy atom. The van der Waals surface area contributed by atoms with Gasteiger partial charge in [-0.15, -0.1) is 11.3 Å². The zero-order valence-corrected chi connectivity index (χ0v) is 10.0. The fourth-order valence-corrected chi connectivity index (χ4v) is 2.38. The van der Waals surface area contributed by atoms with E-state index >= 15 is 0 Å². The number of nitriles is 1. The maximum atomic E-state index is 11.4. The van der Waals surface area contributed by atoms with Crippen LogP contribution in [0.1, 0.15) is 16.8 Å². The zero-order valence-electron chi connectivity index (χ0n) is 8.39. The van der Waals surface area contributed by atoms with Crippen molar-refractivity contribution in [3.63, 3.8) is 0 Å². The first kappa shape index (κ1) is 12.1. The smallest absolute Gasteiger partial charge is 0.228 e. The molecule has 1 rings (SSSR count). The van der Waals surface area contributed by atoms with Gasteiger partial charge in [-0.1, -0.05) is 0 Å². The van der Waals surface area contributed by atoms with E-state index in [1.165, 1.54) is 18.3 Å². The lowest BCUT2D eigenvalue weighted by molar-refractivity contribution is 0.576. The van der Waals surface area contributed by atoms with Gasteiger partial charge >= 0.3 is 0 Å². The molecule has 1 unspecified atom stereocenters. The third kappa shape index (κ3) is 3.27. The average Bonchev–Trinajstić information content (AvgIpc) is 2.60. The van der Waals surface area contributed by atoms with Crippen LogP contribution in [0.5, 0.6) is 0 Å². The molecule has 0 bridgehead atoms. The molecule has 0 aliphatic heterocycles. The van der Waals surface area contributed by atoms with Gasteiger partial charge in [0, 0.05) is 11.1 Å². The van der Waals surface area contributed by atoms with Crippen molar-refractivity contribution in [2.75, 3.05) is 0 Å². The molecule has 0 aliphatic carbocycles. The van der Waals surface area contributed by atoms with E-state index in [0.29, 0.717) is 5.01 Å². The topological polar surface area (TPSA) is 82.8 Å². The normalized spacial score (nSPS) is 13.4. The molecule has 0 saturated carbocycles. The highest BCUT2D eigenvalue weighted by atomic mass is 32.2. The Morgan fingerprint density at radius 2 is 2.40 bits per heavy atom. The molecular weight excluding hydrogens is 234 g/mol. The molecule has 0 spiro atoms. The Morgan fingerprint density at radius 1 is 1.73 bits per heavy atom. The van der Waals surface area contributed by atoms with E-state index < -0.39 is 15.3 Å². The summed E-state index contributed by atoms with van der Waals surface area (Å²) in [5.41, 5.74) is 0. The molecule has 0 saturated heterocycles. The number of hydrogen-bond donors (Lipinski definition) is 1. The molecule has 1 heterocycles. The molecule has 1 atom stereocenters. The van der Waals surface area contributed by atoms with Crippen molar-refractivity contribution >= 4 is 21.4 Å². The fourth-order valence-electron chi connectivity index (χ4n) is 0.840. The minimum absolute atomic E-state index is 0.146. The first-order chi connectivity index (χ1) is 6.95. The van der Waals surface area contributed by atoms with Crippen molar-refractivity contribution in [1.29, 1.82) is 5.26 Å². The maximum absolute atomic E-state index is 11.4. The summed E-state index contributed by atoms with van der Waals surface area (Å²) in [5.74, 6) is 0. The van der Waals surface area contributed by atoms with E-state index in [2.05, 4.69) is 9.71 Å². The molecule has 0 aliphatic rings. The quantitative estimate of drug-likeness (QED) is 0.849. The highest BCUT2D eigenvalue weighted by Crippen LogP contribution is 2.11. The zero-order chi connectivity index (χ0) is 11.5. The largest absolute Gasteiger partial charge is 0.248 e. The molecular formula is C8H11N3O2S2. The van der Waals surface area contributed by atoms with E-state index in [-0.39, 0.29) is 6.54 Å². The van der Waals surface area contributed by atoms with Gasteiger partial charge in [-0.05, 0) is 13.8 Å². The monoisotopic (exact) mass is 245 g/mol. The van der Waals surface area contributed by atoms with Gasteiger partial charge in [0.2, 0.25) is 10.0 Å². The van der Waals surface area contributed by atoms with Crippen LogP contribution in [-0.4, -0.2) is 18.7 Å². The van der Waals surface area contributed by atoms with Crippen molar-refractivity contribution in [3.05, 3.63) is 16.1 Å². The van der Waals surface area contributed by atoms with Gasteiger partial charge in [-0.25, -0.2) is 18.1 Å². The van der Waals surface area contributed by atoms with Crippen LogP contribution < -0.4 is 4.72 Å². The van der Waals surface area contributed by atoms with Crippen LogP contribution in [-0.2, 0) is 16.6 Å². The summed E-state index contributed by atoms with van der Waals surface area (Å²) in [6, 6.07) is 1.68. The van der Waals surface area contributed by atoms with Gasteiger partial charge in [-0.2, -0.15) is 5.26 Å². The molecule has 82 valence electrons. The number of nitrogens with one attached hydrogen (secondary N) is 1. The lowest BCUT2D eigenvalue weighted by atomic mass is 10.5. The standard InChI is InChI=1S/C8H11N3O2S2/c1-6-4-10-8(14-6)5-11-15(12,13)7(2)3-9/h4,7,11H,5H2,1-2H3. The fraction of sp³-hybridized carbons (Fsp3) is 0.500. The van der Waals surface area contributed by atoms with Crippen molar-refractivity contribution < 1.29 is 8.42 Å². The Balaban J connectivity index is 2.62. The van der Waals surface area contributed by atoms with Gasteiger partial charge < -0.3 is 0 Å². The summed E-state index contributed by atoms with van der Waals surface area (Å²) in [4.78, 5) is 5.04. The molecule has 15 heavy (non-hydrogen) atoms. The number of aryl methyl sites for hydroxylation is 1. The van der Waals surface area contributed by atoms with Crippen LogP contribution in [0.3, 0.4) is 0 Å². The molecule has 0 radical (unpaired) electrons. The van der Waals surface area contributed by atoms with E-state index in [9.17, 15) is 8.42 Å². The summed E-state index contributed by atoms with van der Waals surface area (Å²) in [6.45, 7) is 3.38. The predicted octanol–water partition coefficient (Wildman–Crippen LogP) is 0.783. The lowest BCUT2D eigenvalue weighted by Gasteiger charge is -2.05.